The number of rotatable bonds is 5. The van der Waals surface area contributed by atoms with E-state index in [9.17, 15) is 4.39 Å². The molecule has 0 amide bonds. The fourth-order valence-electron chi connectivity index (χ4n) is 2.77. The molecule has 0 atom stereocenters. The number of benzene rings is 2. The Balaban J connectivity index is 1.68. The van der Waals surface area contributed by atoms with E-state index in [1.54, 1.807) is 18.3 Å². The first-order valence-electron chi connectivity index (χ1n) is 8.12. The molecule has 130 valence electrons. The molecule has 0 bridgehead atoms. The predicted octanol–water partition coefficient (Wildman–Crippen LogP) is 5.56. The lowest BCUT2D eigenvalue weighted by atomic mass is 10.2. The van der Waals surface area contributed by atoms with Crippen LogP contribution < -0.4 is 0 Å². The summed E-state index contributed by atoms with van der Waals surface area (Å²) in [5, 5.41) is 1.50. The first-order valence-corrected chi connectivity index (χ1v) is 9.49. The number of imidazole rings is 1. The van der Waals surface area contributed by atoms with Crippen LogP contribution in [-0.2, 0) is 12.3 Å². The van der Waals surface area contributed by atoms with Gasteiger partial charge in [0.1, 0.15) is 11.3 Å². The Kier molecular flexibility index (Phi) is 4.91. The van der Waals surface area contributed by atoms with E-state index in [0.29, 0.717) is 22.9 Å². The third kappa shape index (κ3) is 3.59. The summed E-state index contributed by atoms with van der Waals surface area (Å²) in [4.78, 5) is 9.16. The van der Waals surface area contributed by atoms with E-state index in [2.05, 4.69) is 9.97 Å². The van der Waals surface area contributed by atoms with Gasteiger partial charge < -0.3 is 0 Å². The van der Waals surface area contributed by atoms with Gasteiger partial charge in [-0.05, 0) is 41.5 Å². The molecule has 2 aromatic heterocycles. The van der Waals surface area contributed by atoms with Crippen molar-refractivity contribution >= 4 is 34.5 Å². The van der Waals surface area contributed by atoms with Crippen LogP contribution in [0.25, 0.3) is 11.2 Å². The van der Waals surface area contributed by atoms with E-state index in [1.165, 1.54) is 17.8 Å². The molecule has 2 heterocycles. The molecule has 0 spiro atoms. The Morgan fingerprint density at radius 2 is 1.92 bits per heavy atom. The van der Waals surface area contributed by atoms with Crippen LogP contribution in [0.3, 0.4) is 0 Å². The Bertz CT molecular complexity index is 1060. The third-order valence-corrected chi connectivity index (χ3v) is 5.27. The summed E-state index contributed by atoms with van der Waals surface area (Å²) >= 11 is 7.62. The molecule has 4 rings (SSSR count). The second-order valence-electron chi connectivity index (χ2n) is 5.84. The standard InChI is InChI=1S/C20H15ClFN3S/c21-16-7-3-5-14(11-16)12-25-19-18(9-4-10-23-19)24-20(25)26-13-15-6-1-2-8-17(15)22/h1-11H,12-13H2. The van der Waals surface area contributed by atoms with Crippen molar-refractivity contribution < 1.29 is 4.39 Å². The normalized spacial score (nSPS) is 11.2. The minimum Gasteiger partial charge on any atom is -0.299 e. The van der Waals surface area contributed by atoms with Gasteiger partial charge >= 0.3 is 0 Å². The number of hydrogen-bond acceptors (Lipinski definition) is 3. The van der Waals surface area contributed by atoms with Crippen LogP contribution in [0.2, 0.25) is 5.02 Å². The van der Waals surface area contributed by atoms with Crippen LogP contribution in [-0.4, -0.2) is 14.5 Å². The van der Waals surface area contributed by atoms with Crippen molar-refractivity contribution in [3.8, 4) is 0 Å². The van der Waals surface area contributed by atoms with Crippen molar-refractivity contribution in [1.29, 1.82) is 0 Å². The number of aromatic nitrogens is 3. The lowest BCUT2D eigenvalue weighted by molar-refractivity contribution is 0.617. The van der Waals surface area contributed by atoms with E-state index in [4.69, 9.17) is 11.6 Å². The number of halogens is 2. The SMILES string of the molecule is Fc1ccccc1CSc1nc2cccnc2n1Cc1cccc(Cl)c1. The van der Waals surface area contributed by atoms with Crippen LogP contribution in [0.1, 0.15) is 11.1 Å². The molecular weight excluding hydrogens is 369 g/mol. The van der Waals surface area contributed by atoms with Crippen LogP contribution in [0, 0.1) is 5.82 Å². The van der Waals surface area contributed by atoms with Gasteiger partial charge in [0, 0.05) is 17.0 Å². The van der Waals surface area contributed by atoms with E-state index >= 15 is 0 Å². The molecule has 3 nitrogen and oxygen atoms in total. The van der Waals surface area contributed by atoms with Crippen molar-refractivity contribution in [2.45, 2.75) is 17.5 Å². The van der Waals surface area contributed by atoms with Gasteiger partial charge in [0.25, 0.3) is 0 Å². The summed E-state index contributed by atoms with van der Waals surface area (Å²) in [5.74, 6) is 0.307. The number of nitrogens with zero attached hydrogens (tertiary/aromatic N) is 3. The van der Waals surface area contributed by atoms with Crippen LogP contribution in [0.4, 0.5) is 4.39 Å². The molecule has 0 aliphatic rings. The molecule has 4 aromatic rings. The van der Waals surface area contributed by atoms with Crippen LogP contribution >= 0.6 is 23.4 Å². The van der Waals surface area contributed by atoms with Crippen LogP contribution in [0.5, 0.6) is 0 Å². The lowest BCUT2D eigenvalue weighted by Gasteiger charge is -2.09. The Hall–Kier alpha value is -2.37. The zero-order chi connectivity index (χ0) is 17.9. The highest BCUT2D eigenvalue weighted by Gasteiger charge is 2.14. The smallest absolute Gasteiger partial charge is 0.170 e. The summed E-state index contributed by atoms with van der Waals surface area (Å²) in [6, 6.07) is 18.3. The Labute approximate surface area is 159 Å². The number of pyridine rings is 1. The minimum absolute atomic E-state index is 0.198. The largest absolute Gasteiger partial charge is 0.299 e. The van der Waals surface area contributed by atoms with E-state index < -0.39 is 0 Å². The minimum atomic E-state index is -0.198. The monoisotopic (exact) mass is 383 g/mol. The fourth-order valence-corrected chi connectivity index (χ4v) is 3.97. The molecule has 0 saturated carbocycles. The first-order chi connectivity index (χ1) is 12.7. The highest BCUT2D eigenvalue weighted by Crippen LogP contribution is 2.28. The molecule has 26 heavy (non-hydrogen) atoms. The van der Waals surface area contributed by atoms with Gasteiger partial charge in [-0.15, -0.1) is 0 Å². The number of hydrogen-bond donors (Lipinski definition) is 0. The average molecular weight is 384 g/mol. The topological polar surface area (TPSA) is 30.7 Å². The van der Waals surface area contributed by atoms with Gasteiger partial charge in [0.05, 0.1) is 6.54 Å². The summed E-state index contributed by atoms with van der Waals surface area (Å²) < 4.78 is 16.0. The zero-order valence-electron chi connectivity index (χ0n) is 13.8. The van der Waals surface area contributed by atoms with Gasteiger partial charge in [0.15, 0.2) is 10.8 Å². The molecular formula is C20H15ClFN3S. The average Bonchev–Trinajstić information content (AvgIpc) is 2.99. The van der Waals surface area contributed by atoms with Crippen molar-refractivity contribution in [2.24, 2.45) is 0 Å². The summed E-state index contributed by atoms with van der Waals surface area (Å²) in [7, 11) is 0. The van der Waals surface area contributed by atoms with E-state index in [0.717, 1.165) is 21.9 Å². The van der Waals surface area contributed by atoms with Crippen molar-refractivity contribution in [3.63, 3.8) is 0 Å². The maximum absolute atomic E-state index is 13.9. The molecule has 0 saturated heterocycles. The van der Waals surface area contributed by atoms with Crippen molar-refractivity contribution in [3.05, 3.63) is 88.8 Å². The maximum atomic E-state index is 13.9. The second-order valence-corrected chi connectivity index (χ2v) is 7.22. The number of fused-ring (bicyclic) bond motifs is 1. The molecule has 0 radical (unpaired) electrons. The van der Waals surface area contributed by atoms with Crippen LogP contribution in [0.15, 0.2) is 72.0 Å². The van der Waals surface area contributed by atoms with E-state index in [1.807, 2.05) is 47.0 Å². The first kappa shape index (κ1) is 17.1. The van der Waals surface area contributed by atoms with Crippen molar-refractivity contribution in [1.82, 2.24) is 14.5 Å². The van der Waals surface area contributed by atoms with Gasteiger partial charge in [0.2, 0.25) is 0 Å². The highest BCUT2D eigenvalue weighted by atomic mass is 35.5. The maximum Gasteiger partial charge on any atom is 0.170 e. The molecule has 2 aromatic carbocycles. The van der Waals surface area contributed by atoms with Gasteiger partial charge in [-0.25, -0.2) is 14.4 Å². The van der Waals surface area contributed by atoms with Gasteiger partial charge in [-0.2, -0.15) is 0 Å². The number of thioether (sulfide) groups is 1. The van der Waals surface area contributed by atoms with Crippen molar-refractivity contribution in [2.75, 3.05) is 0 Å². The van der Waals surface area contributed by atoms with E-state index in [-0.39, 0.29) is 5.82 Å². The quantitative estimate of drug-likeness (QED) is 0.422. The van der Waals surface area contributed by atoms with Gasteiger partial charge in [-0.1, -0.05) is 53.7 Å². The highest BCUT2D eigenvalue weighted by molar-refractivity contribution is 7.98. The molecule has 6 heteroatoms. The fraction of sp³-hybridized carbons (Fsp3) is 0.100. The van der Waals surface area contributed by atoms with Gasteiger partial charge in [-0.3, -0.25) is 4.57 Å². The molecule has 0 fully saturated rings. The molecule has 0 aliphatic heterocycles. The second kappa shape index (κ2) is 7.48. The predicted molar refractivity (Wildman–Crippen MR) is 104 cm³/mol. The molecule has 0 N–H and O–H groups in total. The third-order valence-electron chi connectivity index (χ3n) is 4.01. The zero-order valence-corrected chi connectivity index (χ0v) is 15.3. The lowest BCUT2D eigenvalue weighted by Crippen LogP contribution is -2.03. The summed E-state index contributed by atoms with van der Waals surface area (Å²) in [6.45, 7) is 0.605. The summed E-state index contributed by atoms with van der Waals surface area (Å²) in [5.41, 5.74) is 3.36. The molecule has 0 aliphatic carbocycles. The Morgan fingerprint density at radius 3 is 2.77 bits per heavy atom. The molecule has 0 unspecified atom stereocenters. The summed E-state index contributed by atoms with van der Waals surface area (Å²) in [6.07, 6.45) is 1.75. The Morgan fingerprint density at radius 1 is 1.04 bits per heavy atom.